The summed E-state index contributed by atoms with van der Waals surface area (Å²) >= 11 is 0. The predicted molar refractivity (Wildman–Crippen MR) is 112 cm³/mol. The van der Waals surface area contributed by atoms with E-state index in [1.165, 1.54) is 0 Å². The van der Waals surface area contributed by atoms with E-state index in [-0.39, 0.29) is 6.10 Å². The van der Waals surface area contributed by atoms with Gasteiger partial charge in [-0.25, -0.2) is 9.97 Å². The van der Waals surface area contributed by atoms with Gasteiger partial charge < -0.3 is 14.3 Å². The van der Waals surface area contributed by atoms with E-state index in [4.69, 9.17) is 9.15 Å². The third-order valence-electron chi connectivity index (χ3n) is 5.32. The lowest BCUT2D eigenvalue weighted by molar-refractivity contribution is -0.0274. The van der Waals surface area contributed by atoms with E-state index in [1.54, 1.807) is 12.5 Å². The second kappa shape index (κ2) is 8.22. The minimum atomic E-state index is -0.563. The van der Waals surface area contributed by atoms with Crippen molar-refractivity contribution in [1.82, 2.24) is 19.9 Å². The molecule has 0 aliphatic carbocycles. The number of pyridine rings is 1. The van der Waals surface area contributed by atoms with Gasteiger partial charge in [-0.1, -0.05) is 6.07 Å². The number of furan rings is 1. The summed E-state index contributed by atoms with van der Waals surface area (Å²) in [4.78, 5) is 15.3. The van der Waals surface area contributed by atoms with Gasteiger partial charge in [0.05, 0.1) is 11.8 Å². The van der Waals surface area contributed by atoms with Crippen LogP contribution in [0.15, 0.2) is 71.7 Å². The molecule has 152 valence electrons. The molecule has 1 aromatic carbocycles. The van der Waals surface area contributed by atoms with Crippen molar-refractivity contribution in [2.24, 2.45) is 0 Å². The summed E-state index contributed by atoms with van der Waals surface area (Å²) in [5.74, 6) is 1.98. The summed E-state index contributed by atoms with van der Waals surface area (Å²) in [6, 6.07) is 13.4. The largest absolute Gasteiger partial charge is 0.488 e. The smallest absolute Gasteiger partial charge is 0.195 e. The van der Waals surface area contributed by atoms with Crippen molar-refractivity contribution < 1.29 is 14.3 Å². The van der Waals surface area contributed by atoms with Crippen LogP contribution in [0.2, 0.25) is 0 Å². The summed E-state index contributed by atoms with van der Waals surface area (Å²) < 4.78 is 11.4. The van der Waals surface area contributed by atoms with Crippen LogP contribution in [0, 0.1) is 0 Å². The molecule has 7 nitrogen and oxygen atoms in total. The van der Waals surface area contributed by atoms with Gasteiger partial charge in [-0.15, -0.1) is 0 Å². The quantitative estimate of drug-likeness (QED) is 0.548. The number of piperidine rings is 1. The molecule has 0 unspecified atom stereocenters. The topological polar surface area (TPSA) is 84.5 Å². The summed E-state index contributed by atoms with van der Waals surface area (Å²) in [6.07, 6.45) is 6.95. The zero-order valence-corrected chi connectivity index (χ0v) is 16.4. The van der Waals surface area contributed by atoms with Gasteiger partial charge in [0.15, 0.2) is 11.6 Å². The van der Waals surface area contributed by atoms with E-state index in [0.29, 0.717) is 24.7 Å². The Bertz CT molecular complexity index is 1110. The Kier molecular flexibility index (Phi) is 5.13. The molecule has 0 amide bonds. The average molecular weight is 402 g/mol. The minimum absolute atomic E-state index is 0.229. The molecule has 5 rings (SSSR count). The molecule has 0 bridgehead atoms. The van der Waals surface area contributed by atoms with Crippen molar-refractivity contribution in [3.05, 3.63) is 72.9 Å². The minimum Gasteiger partial charge on any atom is -0.488 e. The van der Waals surface area contributed by atoms with Gasteiger partial charge in [-0.3, -0.25) is 9.88 Å². The van der Waals surface area contributed by atoms with Crippen LogP contribution in [0.3, 0.4) is 0 Å². The maximum absolute atomic E-state index is 10.6. The molecule has 1 aliphatic heterocycles. The molecule has 0 radical (unpaired) electrons. The Balaban J connectivity index is 1.19. The molecule has 7 heteroatoms. The highest BCUT2D eigenvalue weighted by molar-refractivity contribution is 5.79. The summed E-state index contributed by atoms with van der Waals surface area (Å²) in [5.41, 5.74) is 1.93. The van der Waals surface area contributed by atoms with Gasteiger partial charge >= 0.3 is 0 Å². The van der Waals surface area contributed by atoms with Crippen LogP contribution in [-0.2, 0) is 6.54 Å². The number of hydrogen-bond acceptors (Lipinski definition) is 7. The molecule has 4 heterocycles. The normalized spacial score (nSPS) is 19.8. The number of aliphatic hydroxyl groups is 1. The van der Waals surface area contributed by atoms with Crippen LogP contribution in [-0.4, -0.2) is 50.3 Å². The molecular weight excluding hydrogens is 380 g/mol. The number of ether oxygens (including phenoxy) is 1. The lowest BCUT2D eigenvalue weighted by Crippen LogP contribution is -2.48. The van der Waals surface area contributed by atoms with Crippen LogP contribution in [0.25, 0.3) is 22.5 Å². The van der Waals surface area contributed by atoms with E-state index < -0.39 is 6.10 Å². The molecule has 0 spiro atoms. The van der Waals surface area contributed by atoms with Gasteiger partial charge in [-0.2, -0.15) is 0 Å². The summed E-state index contributed by atoms with van der Waals surface area (Å²) in [7, 11) is 0. The van der Waals surface area contributed by atoms with Crippen molar-refractivity contribution >= 4 is 10.9 Å². The highest BCUT2D eigenvalue weighted by Gasteiger charge is 2.29. The van der Waals surface area contributed by atoms with Crippen molar-refractivity contribution in [3.8, 4) is 17.3 Å². The molecule has 1 saturated heterocycles. The number of fused-ring (bicyclic) bond motifs is 1. The Morgan fingerprint density at radius 2 is 2.00 bits per heavy atom. The number of likely N-dealkylation sites (tertiary alicyclic amines) is 1. The Morgan fingerprint density at radius 1 is 1.10 bits per heavy atom. The highest BCUT2D eigenvalue weighted by atomic mass is 16.5. The third kappa shape index (κ3) is 4.03. The first-order chi connectivity index (χ1) is 14.7. The zero-order valence-electron chi connectivity index (χ0n) is 16.4. The van der Waals surface area contributed by atoms with E-state index in [1.807, 2.05) is 54.9 Å². The Morgan fingerprint density at radius 3 is 2.80 bits per heavy atom. The first-order valence-electron chi connectivity index (χ1n) is 10.0. The van der Waals surface area contributed by atoms with Crippen LogP contribution in [0.1, 0.15) is 12.0 Å². The number of aliphatic hydroxyl groups excluding tert-OH is 1. The van der Waals surface area contributed by atoms with Gasteiger partial charge in [-0.05, 0) is 42.8 Å². The number of rotatable bonds is 5. The van der Waals surface area contributed by atoms with Crippen LogP contribution < -0.4 is 4.74 Å². The lowest BCUT2D eigenvalue weighted by Gasteiger charge is -2.35. The molecule has 30 heavy (non-hydrogen) atoms. The average Bonchev–Trinajstić information content (AvgIpc) is 3.31. The van der Waals surface area contributed by atoms with E-state index >= 15 is 0 Å². The van der Waals surface area contributed by atoms with E-state index in [2.05, 4.69) is 19.9 Å². The second-order valence-electron chi connectivity index (χ2n) is 7.50. The first-order valence-corrected chi connectivity index (χ1v) is 10.0. The number of β-amino-alcohol motifs (C(OH)–C–C–N with tert-alkyl or cyclic N) is 1. The van der Waals surface area contributed by atoms with Crippen molar-refractivity contribution in [2.75, 3.05) is 13.1 Å². The molecule has 4 aromatic rings. The molecule has 0 saturated carbocycles. The standard InChI is InChI=1S/C23H22N4O3/c28-20-15-27(14-16-12-25-23(26-13-16)22-4-2-10-29-22)9-7-21(20)30-18-5-6-19-17(11-18)3-1-8-24-19/h1-6,8,10-13,20-21,28H,7,9,14-15H2/t20-,21-/m1/s1. The highest BCUT2D eigenvalue weighted by Crippen LogP contribution is 2.24. The molecule has 2 atom stereocenters. The van der Waals surface area contributed by atoms with Gasteiger partial charge in [0.1, 0.15) is 18.0 Å². The maximum Gasteiger partial charge on any atom is 0.195 e. The zero-order chi connectivity index (χ0) is 20.3. The molecule has 1 aliphatic rings. The number of nitrogens with zero attached hydrogens (tertiary/aromatic N) is 4. The van der Waals surface area contributed by atoms with Gasteiger partial charge in [0, 0.05) is 49.2 Å². The molecule has 1 fully saturated rings. The Hall–Kier alpha value is -3.29. The fourth-order valence-corrected chi connectivity index (χ4v) is 3.79. The monoisotopic (exact) mass is 402 g/mol. The van der Waals surface area contributed by atoms with Gasteiger partial charge in [0.2, 0.25) is 0 Å². The van der Waals surface area contributed by atoms with Crippen LogP contribution >= 0.6 is 0 Å². The number of hydrogen-bond donors (Lipinski definition) is 1. The summed E-state index contributed by atoms with van der Waals surface area (Å²) in [5, 5.41) is 11.7. The third-order valence-corrected chi connectivity index (χ3v) is 5.32. The van der Waals surface area contributed by atoms with Crippen molar-refractivity contribution in [2.45, 2.75) is 25.2 Å². The predicted octanol–water partition coefficient (Wildman–Crippen LogP) is 3.30. The number of aromatic nitrogens is 3. The maximum atomic E-state index is 10.6. The van der Waals surface area contributed by atoms with Gasteiger partial charge in [0.25, 0.3) is 0 Å². The molecule has 1 N–H and O–H groups in total. The van der Waals surface area contributed by atoms with E-state index in [0.717, 1.165) is 35.2 Å². The van der Waals surface area contributed by atoms with Crippen molar-refractivity contribution in [1.29, 1.82) is 0 Å². The van der Waals surface area contributed by atoms with E-state index in [9.17, 15) is 5.11 Å². The molecular formula is C23H22N4O3. The Labute approximate surface area is 174 Å². The SMILES string of the molecule is O[C@@H]1CN(Cc2cnc(-c3ccco3)nc2)CC[C@H]1Oc1ccc2ncccc2c1. The van der Waals surface area contributed by atoms with Crippen LogP contribution in [0.5, 0.6) is 5.75 Å². The number of benzene rings is 1. The fraction of sp³-hybridized carbons (Fsp3) is 0.261. The summed E-state index contributed by atoms with van der Waals surface area (Å²) in [6.45, 7) is 2.06. The molecule has 3 aromatic heterocycles. The van der Waals surface area contributed by atoms with Crippen molar-refractivity contribution in [3.63, 3.8) is 0 Å². The second-order valence-corrected chi connectivity index (χ2v) is 7.50. The first kappa shape index (κ1) is 18.7. The van der Waals surface area contributed by atoms with Crippen LogP contribution in [0.4, 0.5) is 0 Å². The fourth-order valence-electron chi connectivity index (χ4n) is 3.79. The lowest BCUT2D eigenvalue weighted by atomic mass is 10.0.